The van der Waals surface area contributed by atoms with Crippen LogP contribution in [0.1, 0.15) is 30.4 Å². The molecule has 0 radical (unpaired) electrons. The Morgan fingerprint density at radius 3 is 3.00 bits per heavy atom. The van der Waals surface area contributed by atoms with Crippen molar-refractivity contribution in [3.05, 3.63) is 27.7 Å². The van der Waals surface area contributed by atoms with Crippen molar-refractivity contribution in [1.29, 1.82) is 0 Å². The van der Waals surface area contributed by atoms with Crippen LogP contribution in [0.4, 0.5) is 0 Å². The zero-order valence-corrected chi connectivity index (χ0v) is 12.4. The largest absolute Gasteiger partial charge is 0.493 e. The molecule has 3 aliphatic heterocycles. The van der Waals surface area contributed by atoms with Crippen molar-refractivity contribution in [2.45, 2.75) is 49.9 Å². The molecule has 2 bridgehead atoms. The van der Waals surface area contributed by atoms with Crippen LogP contribution in [0.2, 0.25) is 0 Å². The SMILES string of the molecule is NC1(Cc2cc(Br)cc3c2OCC3)CC2CCC1O2. The normalized spacial score (nSPS) is 35.5. The van der Waals surface area contributed by atoms with Gasteiger partial charge < -0.3 is 15.2 Å². The zero-order valence-electron chi connectivity index (χ0n) is 10.8. The smallest absolute Gasteiger partial charge is 0.125 e. The quantitative estimate of drug-likeness (QED) is 0.909. The van der Waals surface area contributed by atoms with E-state index in [4.69, 9.17) is 15.2 Å². The highest BCUT2D eigenvalue weighted by Crippen LogP contribution is 2.44. The molecule has 1 aromatic rings. The minimum Gasteiger partial charge on any atom is -0.493 e. The van der Waals surface area contributed by atoms with Crippen molar-refractivity contribution in [3.8, 4) is 5.75 Å². The molecule has 19 heavy (non-hydrogen) atoms. The number of hydrogen-bond acceptors (Lipinski definition) is 3. The van der Waals surface area contributed by atoms with E-state index in [0.717, 1.165) is 42.5 Å². The Kier molecular flexibility index (Phi) is 2.70. The highest BCUT2D eigenvalue weighted by Gasteiger charge is 2.50. The molecule has 4 heteroatoms. The van der Waals surface area contributed by atoms with Crippen LogP contribution in [-0.2, 0) is 17.6 Å². The second-order valence-corrected chi connectivity index (χ2v) is 7.01. The van der Waals surface area contributed by atoms with E-state index < -0.39 is 0 Å². The Balaban J connectivity index is 1.67. The first-order valence-electron chi connectivity index (χ1n) is 7.02. The fraction of sp³-hybridized carbons (Fsp3) is 0.600. The Hall–Kier alpha value is -0.580. The molecule has 102 valence electrons. The first-order valence-corrected chi connectivity index (χ1v) is 7.82. The van der Waals surface area contributed by atoms with Gasteiger partial charge in [-0.2, -0.15) is 0 Å². The predicted octanol–water partition coefficient (Wildman–Crippen LogP) is 2.58. The molecule has 4 rings (SSSR count). The lowest BCUT2D eigenvalue weighted by molar-refractivity contribution is 0.0855. The van der Waals surface area contributed by atoms with Gasteiger partial charge in [0.15, 0.2) is 0 Å². The van der Waals surface area contributed by atoms with Gasteiger partial charge in [-0.3, -0.25) is 0 Å². The van der Waals surface area contributed by atoms with Crippen LogP contribution in [0.25, 0.3) is 0 Å². The molecule has 0 aromatic heterocycles. The van der Waals surface area contributed by atoms with E-state index in [1.165, 1.54) is 17.5 Å². The van der Waals surface area contributed by atoms with Crippen LogP contribution in [0.15, 0.2) is 16.6 Å². The summed E-state index contributed by atoms with van der Waals surface area (Å²) in [5.74, 6) is 1.07. The van der Waals surface area contributed by atoms with Crippen LogP contribution in [-0.4, -0.2) is 24.4 Å². The molecule has 2 fully saturated rings. The lowest BCUT2D eigenvalue weighted by atomic mass is 9.78. The fourth-order valence-electron chi connectivity index (χ4n) is 3.85. The molecule has 3 nitrogen and oxygen atoms in total. The summed E-state index contributed by atoms with van der Waals surface area (Å²) in [4.78, 5) is 0. The van der Waals surface area contributed by atoms with E-state index in [1.54, 1.807) is 0 Å². The van der Waals surface area contributed by atoms with Gasteiger partial charge in [-0.15, -0.1) is 0 Å². The van der Waals surface area contributed by atoms with Crippen molar-refractivity contribution in [1.82, 2.24) is 0 Å². The van der Waals surface area contributed by atoms with Gasteiger partial charge in [0.2, 0.25) is 0 Å². The number of fused-ring (bicyclic) bond motifs is 3. The summed E-state index contributed by atoms with van der Waals surface area (Å²) in [5.41, 5.74) is 8.96. The zero-order chi connectivity index (χ0) is 13.0. The third-order valence-electron chi connectivity index (χ3n) is 4.70. The van der Waals surface area contributed by atoms with Crippen LogP contribution >= 0.6 is 15.9 Å². The van der Waals surface area contributed by atoms with E-state index in [2.05, 4.69) is 28.1 Å². The van der Waals surface area contributed by atoms with Crippen LogP contribution in [0.3, 0.4) is 0 Å². The maximum atomic E-state index is 6.62. The van der Waals surface area contributed by atoms with Crippen molar-refractivity contribution in [2.24, 2.45) is 5.73 Å². The summed E-state index contributed by atoms with van der Waals surface area (Å²) in [7, 11) is 0. The lowest BCUT2D eigenvalue weighted by Gasteiger charge is -2.31. The summed E-state index contributed by atoms with van der Waals surface area (Å²) in [5, 5.41) is 0. The first-order chi connectivity index (χ1) is 9.14. The summed E-state index contributed by atoms with van der Waals surface area (Å²) < 4.78 is 12.9. The van der Waals surface area contributed by atoms with E-state index >= 15 is 0 Å². The molecule has 3 aliphatic rings. The Labute approximate surface area is 121 Å². The number of rotatable bonds is 2. The third kappa shape index (κ3) is 1.92. The summed E-state index contributed by atoms with van der Waals surface area (Å²) in [6.07, 6.45) is 5.75. The van der Waals surface area contributed by atoms with Gasteiger partial charge in [0, 0.05) is 16.4 Å². The first kappa shape index (κ1) is 12.2. The standard InChI is InChI=1S/C15H18BrNO2/c16-11-5-9-3-4-18-14(9)10(6-11)7-15(17)8-12-1-2-13(15)19-12/h5-6,12-13H,1-4,7-8,17H2. The van der Waals surface area contributed by atoms with Gasteiger partial charge in [0.25, 0.3) is 0 Å². The van der Waals surface area contributed by atoms with Crippen LogP contribution in [0, 0.1) is 0 Å². The third-order valence-corrected chi connectivity index (χ3v) is 5.16. The fourth-order valence-corrected chi connectivity index (χ4v) is 4.40. The molecular weight excluding hydrogens is 306 g/mol. The van der Waals surface area contributed by atoms with Gasteiger partial charge >= 0.3 is 0 Å². The highest BCUT2D eigenvalue weighted by molar-refractivity contribution is 9.10. The average molecular weight is 324 g/mol. The molecule has 2 saturated heterocycles. The van der Waals surface area contributed by atoms with E-state index in [1.807, 2.05) is 0 Å². The molecule has 1 aromatic carbocycles. The molecule has 3 unspecified atom stereocenters. The van der Waals surface area contributed by atoms with Crippen molar-refractivity contribution in [2.75, 3.05) is 6.61 Å². The predicted molar refractivity (Wildman–Crippen MR) is 76.5 cm³/mol. The van der Waals surface area contributed by atoms with E-state index in [-0.39, 0.29) is 11.6 Å². The molecule has 0 spiro atoms. The summed E-state index contributed by atoms with van der Waals surface area (Å²) >= 11 is 3.60. The second-order valence-electron chi connectivity index (χ2n) is 6.09. The summed E-state index contributed by atoms with van der Waals surface area (Å²) in [6.45, 7) is 0.791. The highest BCUT2D eigenvalue weighted by atomic mass is 79.9. The Morgan fingerprint density at radius 1 is 1.37 bits per heavy atom. The van der Waals surface area contributed by atoms with Crippen LogP contribution in [0.5, 0.6) is 5.75 Å². The lowest BCUT2D eigenvalue weighted by Crippen LogP contribution is -2.50. The second kappa shape index (κ2) is 4.21. The number of benzene rings is 1. The van der Waals surface area contributed by atoms with Gasteiger partial charge in [-0.25, -0.2) is 0 Å². The number of halogens is 1. The minimum absolute atomic E-state index is 0.205. The molecule has 0 saturated carbocycles. The van der Waals surface area contributed by atoms with Crippen LogP contribution < -0.4 is 10.5 Å². The summed E-state index contributed by atoms with van der Waals surface area (Å²) in [6, 6.07) is 4.32. The molecule has 2 N–H and O–H groups in total. The average Bonchev–Trinajstić information content (AvgIpc) is 3.01. The van der Waals surface area contributed by atoms with Gasteiger partial charge in [0.1, 0.15) is 5.75 Å². The molecular formula is C15H18BrNO2. The van der Waals surface area contributed by atoms with Gasteiger partial charge in [-0.05, 0) is 48.9 Å². The van der Waals surface area contributed by atoms with Crippen molar-refractivity contribution < 1.29 is 9.47 Å². The number of ether oxygens (including phenoxy) is 2. The topological polar surface area (TPSA) is 44.5 Å². The van der Waals surface area contributed by atoms with Crippen molar-refractivity contribution >= 4 is 15.9 Å². The maximum absolute atomic E-state index is 6.62. The monoisotopic (exact) mass is 323 g/mol. The Morgan fingerprint density at radius 2 is 2.26 bits per heavy atom. The molecule has 3 heterocycles. The molecule has 3 atom stereocenters. The van der Waals surface area contributed by atoms with E-state index in [9.17, 15) is 0 Å². The number of nitrogens with two attached hydrogens (primary N) is 1. The maximum Gasteiger partial charge on any atom is 0.125 e. The van der Waals surface area contributed by atoms with Gasteiger partial charge in [0.05, 0.1) is 18.8 Å². The molecule has 0 aliphatic carbocycles. The number of hydrogen-bond donors (Lipinski definition) is 1. The molecule has 0 amide bonds. The minimum atomic E-state index is -0.205. The van der Waals surface area contributed by atoms with E-state index in [0.29, 0.717) is 6.10 Å². The Bertz CT molecular complexity index is 533. The van der Waals surface area contributed by atoms with Crippen molar-refractivity contribution in [3.63, 3.8) is 0 Å². The van der Waals surface area contributed by atoms with Gasteiger partial charge in [-0.1, -0.05) is 15.9 Å².